The lowest BCUT2D eigenvalue weighted by Crippen LogP contribution is -2.53. The molecule has 3 fully saturated rings. The highest BCUT2D eigenvalue weighted by molar-refractivity contribution is 6.23. The van der Waals surface area contributed by atoms with Crippen LogP contribution in [0, 0.1) is 28.6 Å². The van der Waals surface area contributed by atoms with Gasteiger partial charge in [0.1, 0.15) is 6.10 Å². The van der Waals surface area contributed by atoms with Crippen LogP contribution in [0.4, 0.5) is 0 Å². The highest BCUT2D eigenvalue weighted by Crippen LogP contribution is 2.66. The standard InChI is InChI=1S/C21H29ClO3/c1-12(23)25-19-5-4-15-14-11-18(22)17-10-13(24)6-8-20(17,2)16(14)7-9-21(15,19)3/h10,14-16,18-19H,4-9,11H2,1-3H3/t14-,15-,16-,18+,19-,20+,21-/m0/s1. The van der Waals surface area contributed by atoms with E-state index in [9.17, 15) is 9.59 Å². The maximum absolute atomic E-state index is 12.0. The van der Waals surface area contributed by atoms with Gasteiger partial charge in [-0.25, -0.2) is 0 Å². The smallest absolute Gasteiger partial charge is 0.302 e. The molecule has 0 aromatic carbocycles. The predicted molar refractivity (Wildman–Crippen MR) is 97.3 cm³/mol. The summed E-state index contributed by atoms with van der Waals surface area (Å²) in [6, 6.07) is 0. The van der Waals surface area contributed by atoms with Gasteiger partial charge in [0.05, 0.1) is 5.38 Å². The number of halogens is 1. The molecular weight excluding hydrogens is 336 g/mol. The van der Waals surface area contributed by atoms with Crippen LogP contribution in [0.25, 0.3) is 0 Å². The van der Waals surface area contributed by atoms with Gasteiger partial charge in [0.15, 0.2) is 5.78 Å². The quantitative estimate of drug-likeness (QED) is 0.501. The zero-order valence-electron chi connectivity index (χ0n) is 15.5. The number of alkyl halides is 1. The molecule has 0 aromatic rings. The predicted octanol–water partition coefficient (Wildman–Crippen LogP) is 4.67. The molecule has 0 spiro atoms. The van der Waals surface area contributed by atoms with Crippen LogP contribution in [0.2, 0.25) is 0 Å². The van der Waals surface area contributed by atoms with Gasteiger partial charge in [0.2, 0.25) is 0 Å². The molecule has 3 nitrogen and oxygen atoms in total. The van der Waals surface area contributed by atoms with Gasteiger partial charge in [0.25, 0.3) is 0 Å². The number of fused-ring (bicyclic) bond motifs is 5. The molecule has 4 rings (SSSR count). The van der Waals surface area contributed by atoms with Crippen LogP contribution >= 0.6 is 11.6 Å². The van der Waals surface area contributed by atoms with Crippen LogP contribution in [-0.2, 0) is 14.3 Å². The van der Waals surface area contributed by atoms with Crippen molar-refractivity contribution in [1.29, 1.82) is 0 Å². The van der Waals surface area contributed by atoms with Gasteiger partial charge in [-0.2, -0.15) is 0 Å². The van der Waals surface area contributed by atoms with Crippen LogP contribution in [0.3, 0.4) is 0 Å². The largest absolute Gasteiger partial charge is 0.462 e. The summed E-state index contributed by atoms with van der Waals surface area (Å²) in [5.41, 5.74) is 1.36. The molecule has 0 aliphatic heterocycles. The molecule has 3 saturated carbocycles. The molecule has 0 aromatic heterocycles. The van der Waals surface area contributed by atoms with E-state index in [1.54, 1.807) is 0 Å². The molecule has 7 atom stereocenters. The zero-order chi connectivity index (χ0) is 18.0. The van der Waals surface area contributed by atoms with Crippen LogP contribution in [0.1, 0.15) is 65.7 Å². The SMILES string of the molecule is CC(=O)O[C@H]1CC[C@H]2[C@@H]3C[C@@H](Cl)C4=CC(=O)CC[C@]4(C)[C@H]3CC[C@]12C. The summed E-state index contributed by atoms with van der Waals surface area (Å²) in [6.07, 6.45) is 8.87. The third-order valence-corrected chi connectivity index (χ3v) is 8.57. The first-order chi connectivity index (χ1) is 11.8. The molecule has 138 valence electrons. The molecular formula is C21H29ClO3. The average molecular weight is 365 g/mol. The second-order valence-electron chi connectivity index (χ2n) is 9.28. The van der Waals surface area contributed by atoms with Gasteiger partial charge < -0.3 is 4.74 Å². The van der Waals surface area contributed by atoms with Crippen molar-refractivity contribution in [2.24, 2.45) is 28.6 Å². The number of carbonyl (C=O) groups excluding carboxylic acids is 2. The molecule has 0 N–H and O–H groups in total. The minimum absolute atomic E-state index is 0.0226. The Morgan fingerprint density at radius 1 is 1.20 bits per heavy atom. The third kappa shape index (κ3) is 2.52. The fraction of sp³-hybridized carbons (Fsp3) is 0.810. The minimum atomic E-state index is -0.157. The Kier molecular flexibility index (Phi) is 4.10. The van der Waals surface area contributed by atoms with Crippen molar-refractivity contribution in [3.8, 4) is 0 Å². The molecule has 4 heteroatoms. The van der Waals surface area contributed by atoms with Crippen LogP contribution in [-0.4, -0.2) is 23.2 Å². The van der Waals surface area contributed by atoms with Gasteiger partial charge in [-0.15, -0.1) is 11.6 Å². The van der Waals surface area contributed by atoms with Crippen molar-refractivity contribution in [3.63, 3.8) is 0 Å². The van der Waals surface area contributed by atoms with Crippen molar-refractivity contribution in [1.82, 2.24) is 0 Å². The Morgan fingerprint density at radius 3 is 2.68 bits per heavy atom. The van der Waals surface area contributed by atoms with Gasteiger partial charge in [-0.1, -0.05) is 13.8 Å². The molecule has 4 aliphatic rings. The number of esters is 1. The Balaban J connectivity index is 1.66. The molecule has 4 aliphatic carbocycles. The van der Waals surface area contributed by atoms with E-state index in [0.717, 1.165) is 38.5 Å². The van der Waals surface area contributed by atoms with Crippen LogP contribution in [0.5, 0.6) is 0 Å². The number of ether oxygens (including phenoxy) is 1. The summed E-state index contributed by atoms with van der Waals surface area (Å²) >= 11 is 6.82. The topological polar surface area (TPSA) is 43.4 Å². The maximum atomic E-state index is 12.0. The van der Waals surface area contributed by atoms with Gasteiger partial charge in [-0.3, -0.25) is 9.59 Å². The monoisotopic (exact) mass is 364 g/mol. The van der Waals surface area contributed by atoms with E-state index < -0.39 is 0 Å². The molecule has 0 amide bonds. The van der Waals surface area contributed by atoms with E-state index in [4.69, 9.17) is 16.3 Å². The van der Waals surface area contributed by atoms with Gasteiger partial charge in [-0.05, 0) is 73.3 Å². The summed E-state index contributed by atoms with van der Waals surface area (Å²) in [5, 5.41) is -0.0226. The number of carbonyl (C=O) groups is 2. The number of hydrogen-bond donors (Lipinski definition) is 0. The molecule has 0 unspecified atom stereocenters. The van der Waals surface area contributed by atoms with Crippen molar-refractivity contribution in [2.75, 3.05) is 0 Å². The van der Waals surface area contributed by atoms with Gasteiger partial charge >= 0.3 is 5.97 Å². The normalized spacial score (nSPS) is 48.9. The Labute approximate surface area is 155 Å². The van der Waals surface area contributed by atoms with E-state index in [1.807, 2.05) is 6.08 Å². The van der Waals surface area contributed by atoms with Crippen molar-refractivity contribution < 1.29 is 14.3 Å². The first kappa shape index (κ1) is 17.6. The number of hydrogen-bond acceptors (Lipinski definition) is 3. The van der Waals surface area contributed by atoms with Crippen molar-refractivity contribution in [2.45, 2.75) is 77.2 Å². The minimum Gasteiger partial charge on any atom is -0.462 e. The van der Waals surface area contributed by atoms with E-state index in [-0.39, 0.29) is 34.1 Å². The fourth-order valence-corrected chi connectivity index (χ4v) is 7.42. The molecule has 25 heavy (non-hydrogen) atoms. The maximum Gasteiger partial charge on any atom is 0.302 e. The summed E-state index contributed by atoms with van der Waals surface area (Å²) in [4.78, 5) is 23.5. The molecule has 0 saturated heterocycles. The Morgan fingerprint density at radius 2 is 1.96 bits per heavy atom. The summed E-state index contributed by atoms with van der Waals surface area (Å²) in [5.74, 6) is 1.85. The number of rotatable bonds is 1. The second-order valence-corrected chi connectivity index (χ2v) is 9.81. The Bertz CT molecular complexity index is 641. The van der Waals surface area contributed by atoms with Gasteiger partial charge in [0, 0.05) is 18.8 Å². The molecule has 0 radical (unpaired) electrons. The summed E-state index contributed by atoms with van der Waals surface area (Å²) < 4.78 is 5.71. The highest BCUT2D eigenvalue weighted by atomic mass is 35.5. The second kappa shape index (κ2) is 5.84. The fourth-order valence-electron chi connectivity index (χ4n) is 6.90. The van der Waals surface area contributed by atoms with E-state index in [1.165, 1.54) is 12.5 Å². The first-order valence-electron chi connectivity index (χ1n) is 9.82. The summed E-state index contributed by atoms with van der Waals surface area (Å²) in [7, 11) is 0. The lowest BCUT2D eigenvalue weighted by Gasteiger charge is -2.58. The molecule has 0 heterocycles. The Hall–Kier alpha value is -0.830. The first-order valence-corrected chi connectivity index (χ1v) is 10.3. The zero-order valence-corrected chi connectivity index (χ0v) is 16.3. The number of ketones is 1. The van der Waals surface area contributed by atoms with Crippen LogP contribution < -0.4 is 0 Å². The highest BCUT2D eigenvalue weighted by Gasteiger charge is 2.61. The number of allylic oxidation sites excluding steroid dienone is 1. The van der Waals surface area contributed by atoms with Crippen LogP contribution in [0.15, 0.2) is 11.6 Å². The lowest BCUT2D eigenvalue weighted by atomic mass is 9.47. The van der Waals surface area contributed by atoms with Crippen molar-refractivity contribution >= 4 is 23.4 Å². The van der Waals surface area contributed by atoms with E-state index in [2.05, 4.69) is 13.8 Å². The van der Waals surface area contributed by atoms with E-state index >= 15 is 0 Å². The lowest BCUT2D eigenvalue weighted by molar-refractivity contribution is -0.157. The van der Waals surface area contributed by atoms with E-state index in [0.29, 0.717) is 24.2 Å². The third-order valence-electron chi connectivity index (χ3n) is 8.16. The molecule has 0 bridgehead atoms. The van der Waals surface area contributed by atoms with Crippen molar-refractivity contribution in [3.05, 3.63) is 11.6 Å². The average Bonchev–Trinajstić information content (AvgIpc) is 2.86. The summed E-state index contributed by atoms with van der Waals surface area (Å²) in [6.45, 7) is 6.20.